The number of hydrogen-bond acceptors (Lipinski definition) is 6. The number of hydrogen-bond donors (Lipinski definition) is 1. The molecule has 29 heavy (non-hydrogen) atoms. The van der Waals surface area contributed by atoms with Gasteiger partial charge in [0.15, 0.2) is 0 Å². The zero-order valence-electron chi connectivity index (χ0n) is 15.4. The fourth-order valence-corrected chi connectivity index (χ4v) is 3.31. The third-order valence-electron chi connectivity index (χ3n) is 4.61. The van der Waals surface area contributed by atoms with Crippen molar-refractivity contribution in [3.05, 3.63) is 80.4 Å². The number of carbonyl (C=O) groups excluding carboxylic acids is 2. The number of nitro benzene ring substituents is 1. The number of amides is 1. The number of nitro groups is 1. The Hall–Kier alpha value is -3.23. The van der Waals surface area contributed by atoms with E-state index in [2.05, 4.69) is 0 Å². The molecule has 0 radical (unpaired) electrons. The van der Waals surface area contributed by atoms with Crippen LogP contribution in [0.3, 0.4) is 0 Å². The van der Waals surface area contributed by atoms with E-state index in [-0.39, 0.29) is 30.2 Å². The van der Waals surface area contributed by atoms with Crippen LogP contribution >= 0.6 is 11.6 Å². The van der Waals surface area contributed by atoms with E-state index >= 15 is 0 Å². The van der Waals surface area contributed by atoms with Crippen molar-refractivity contribution in [3.63, 3.8) is 0 Å². The molecule has 150 valence electrons. The SMILES string of the molecule is COCCN1C(=O)C(=O)/C(=C(/O)c2ccc(Cl)cc2)[C@@H]1c1ccc([N+](=O)[O-])cc1. The van der Waals surface area contributed by atoms with Gasteiger partial charge < -0.3 is 14.7 Å². The molecule has 1 aliphatic rings. The number of ketones is 1. The molecule has 0 unspecified atom stereocenters. The van der Waals surface area contributed by atoms with Gasteiger partial charge in [0, 0.05) is 36.4 Å². The predicted octanol–water partition coefficient (Wildman–Crippen LogP) is 3.32. The smallest absolute Gasteiger partial charge is 0.295 e. The van der Waals surface area contributed by atoms with Gasteiger partial charge in [-0.1, -0.05) is 11.6 Å². The molecule has 0 aromatic heterocycles. The minimum Gasteiger partial charge on any atom is -0.507 e. The number of aliphatic hydroxyl groups excluding tert-OH is 1. The van der Waals surface area contributed by atoms with Gasteiger partial charge >= 0.3 is 0 Å². The zero-order chi connectivity index (χ0) is 21.1. The lowest BCUT2D eigenvalue weighted by molar-refractivity contribution is -0.384. The fourth-order valence-electron chi connectivity index (χ4n) is 3.19. The van der Waals surface area contributed by atoms with Crippen LogP contribution in [0, 0.1) is 10.1 Å². The summed E-state index contributed by atoms with van der Waals surface area (Å²) in [6.07, 6.45) is 0. The highest BCUT2D eigenvalue weighted by Crippen LogP contribution is 2.39. The van der Waals surface area contributed by atoms with Crippen molar-refractivity contribution in [3.8, 4) is 0 Å². The molecule has 8 nitrogen and oxygen atoms in total. The number of non-ortho nitro benzene ring substituents is 1. The molecule has 0 bridgehead atoms. The molecule has 3 rings (SSSR count). The molecular formula is C20H17ClN2O6. The third-order valence-corrected chi connectivity index (χ3v) is 4.87. The lowest BCUT2D eigenvalue weighted by Gasteiger charge is -2.25. The van der Waals surface area contributed by atoms with E-state index < -0.39 is 22.7 Å². The number of likely N-dealkylation sites (tertiary alicyclic amines) is 1. The van der Waals surface area contributed by atoms with Gasteiger partial charge in [-0.3, -0.25) is 19.7 Å². The highest BCUT2D eigenvalue weighted by atomic mass is 35.5. The molecule has 1 saturated heterocycles. The maximum Gasteiger partial charge on any atom is 0.295 e. The number of methoxy groups -OCH3 is 1. The van der Waals surface area contributed by atoms with Crippen LogP contribution < -0.4 is 0 Å². The summed E-state index contributed by atoms with van der Waals surface area (Å²) in [7, 11) is 1.46. The highest BCUT2D eigenvalue weighted by Gasteiger charge is 2.45. The molecule has 0 saturated carbocycles. The van der Waals surface area contributed by atoms with Gasteiger partial charge in [-0.15, -0.1) is 0 Å². The molecule has 1 heterocycles. The number of Topliss-reactive ketones (excluding diaryl/α,β-unsaturated/α-hetero) is 1. The maximum absolute atomic E-state index is 12.7. The largest absolute Gasteiger partial charge is 0.507 e. The van der Waals surface area contributed by atoms with Crippen LogP contribution in [0.5, 0.6) is 0 Å². The maximum atomic E-state index is 12.7. The molecule has 1 atom stereocenters. The summed E-state index contributed by atoms with van der Waals surface area (Å²) >= 11 is 5.88. The number of benzene rings is 2. The van der Waals surface area contributed by atoms with E-state index in [1.165, 1.54) is 48.4 Å². The third kappa shape index (κ3) is 3.98. The summed E-state index contributed by atoms with van der Waals surface area (Å²) in [5.74, 6) is -1.96. The fraction of sp³-hybridized carbons (Fsp3) is 0.200. The minimum atomic E-state index is -0.901. The van der Waals surface area contributed by atoms with Crippen LogP contribution in [0.4, 0.5) is 5.69 Å². The van der Waals surface area contributed by atoms with E-state index in [1.807, 2.05) is 0 Å². The lowest BCUT2D eigenvalue weighted by Crippen LogP contribution is -2.32. The van der Waals surface area contributed by atoms with Crippen LogP contribution in [-0.4, -0.2) is 46.9 Å². The minimum absolute atomic E-state index is 0.0951. The van der Waals surface area contributed by atoms with Gasteiger partial charge in [-0.05, 0) is 42.0 Å². The predicted molar refractivity (Wildman–Crippen MR) is 105 cm³/mol. The van der Waals surface area contributed by atoms with Gasteiger partial charge in [-0.2, -0.15) is 0 Å². The second-order valence-corrected chi connectivity index (χ2v) is 6.78. The quantitative estimate of drug-likeness (QED) is 0.254. The number of halogens is 1. The van der Waals surface area contributed by atoms with Crippen molar-refractivity contribution in [1.29, 1.82) is 0 Å². The molecule has 2 aromatic rings. The highest BCUT2D eigenvalue weighted by molar-refractivity contribution is 6.46. The van der Waals surface area contributed by atoms with Crippen molar-refractivity contribution in [2.24, 2.45) is 0 Å². The Bertz CT molecular complexity index is 985. The number of aliphatic hydroxyl groups is 1. The first-order valence-corrected chi connectivity index (χ1v) is 9.00. The average Bonchev–Trinajstić information content (AvgIpc) is 2.97. The number of rotatable bonds is 6. The van der Waals surface area contributed by atoms with Crippen molar-refractivity contribution in [2.45, 2.75) is 6.04 Å². The van der Waals surface area contributed by atoms with Gasteiger partial charge in [0.25, 0.3) is 17.4 Å². The Morgan fingerprint density at radius 3 is 2.34 bits per heavy atom. The van der Waals surface area contributed by atoms with Crippen LogP contribution in [-0.2, 0) is 14.3 Å². The monoisotopic (exact) mass is 416 g/mol. The summed E-state index contributed by atoms with van der Waals surface area (Å²) in [6.45, 7) is 0.289. The standard InChI is InChI=1S/C20H17ClN2O6/c1-29-11-10-22-17(12-4-8-15(9-5-12)23(27)28)16(19(25)20(22)26)18(24)13-2-6-14(21)7-3-13/h2-9,17,24H,10-11H2,1H3/b18-16+/t17-/m0/s1. The topological polar surface area (TPSA) is 110 Å². The molecule has 0 aliphatic carbocycles. The Balaban J connectivity index is 2.14. The number of carbonyl (C=O) groups is 2. The lowest BCUT2D eigenvalue weighted by atomic mass is 9.95. The van der Waals surface area contributed by atoms with Gasteiger partial charge in [-0.25, -0.2) is 0 Å². The molecule has 1 N–H and O–H groups in total. The Kier molecular flexibility index (Phi) is 5.95. The molecule has 1 amide bonds. The van der Waals surface area contributed by atoms with E-state index in [4.69, 9.17) is 16.3 Å². The first kappa shape index (κ1) is 20.5. The molecule has 2 aromatic carbocycles. The first-order valence-electron chi connectivity index (χ1n) is 8.62. The summed E-state index contributed by atoms with van der Waals surface area (Å²) in [5, 5.41) is 22.2. The number of nitrogens with zero attached hydrogens (tertiary/aromatic N) is 2. The Labute approximate surface area is 171 Å². The summed E-state index contributed by atoms with van der Waals surface area (Å²) < 4.78 is 5.03. The summed E-state index contributed by atoms with van der Waals surface area (Å²) in [4.78, 5) is 37.0. The molecular weight excluding hydrogens is 400 g/mol. The van der Waals surface area contributed by atoms with Crippen molar-refractivity contribution >= 4 is 34.7 Å². The molecule has 1 fully saturated rings. The normalized spacial score (nSPS) is 18.3. The van der Waals surface area contributed by atoms with Gasteiger partial charge in [0.05, 0.1) is 23.1 Å². The van der Waals surface area contributed by atoms with E-state index in [0.29, 0.717) is 16.1 Å². The van der Waals surface area contributed by atoms with Crippen LogP contribution in [0.25, 0.3) is 5.76 Å². The second kappa shape index (κ2) is 8.42. The summed E-state index contributed by atoms with van der Waals surface area (Å²) in [5.41, 5.74) is 0.565. The van der Waals surface area contributed by atoms with E-state index in [1.54, 1.807) is 12.1 Å². The summed E-state index contributed by atoms with van der Waals surface area (Å²) in [6, 6.07) is 10.8. The average molecular weight is 417 g/mol. The van der Waals surface area contributed by atoms with E-state index in [9.17, 15) is 24.8 Å². The Morgan fingerprint density at radius 1 is 1.17 bits per heavy atom. The van der Waals surface area contributed by atoms with Crippen LogP contribution in [0.1, 0.15) is 17.2 Å². The Morgan fingerprint density at radius 2 is 1.79 bits per heavy atom. The molecule has 1 aliphatic heterocycles. The van der Waals surface area contributed by atoms with E-state index in [0.717, 1.165) is 0 Å². The second-order valence-electron chi connectivity index (χ2n) is 6.34. The molecule has 9 heteroatoms. The zero-order valence-corrected chi connectivity index (χ0v) is 16.1. The number of ether oxygens (including phenoxy) is 1. The molecule has 0 spiro atoms. The van der Waals surface area contributed by atoms with Crippen molar-refractivity contribution in [1.82, 2.24) is 4.90 Å². The van der Waals surface area contributed by atoms with Gasteiger partial charge in [0.1, 0.15) is 5.76 Å². The van der Waals surface area contributed by atoms with Crippen LogP contribution in [0.2, 0.25) is 5.02 Å². The van der Waals surface area contributed by atoms with Crippen molar-refractivity contribution < 1.29 is 24.4 Å². The van der Waals surface area contributed by atoms with Crippen LogP contribution in [0.15, 0.2) is 54.1 Å². The van der Waals surface area contributed by atoms with Crippen molar-refractivity contribution in [2.75, 3.05) is 20.3 Å². The van der Waals surface area contributed by atoms with Gasteiger partial charge in [0.2, 0.25) is 0 Å². The first-order chi connectivity index (χ1) is 13.8.